The van der Waals surface area contributed by atoms with Crippen LogP contribution in [0.25, 0.3) is 0 Å². The van der Waals surface area contributed by atoms with Gasteiger partial charge in [0.15, 0.2) is 0 Å². The summed E-state index contributed by atoms with van der Waals surface area (Å²) in [5.74, 6) is 1.82. The molecule has 0 saturated carbocycles. The zero-order valence-electron chi connectivity index (χ0n) is 10.9. The lowest BCUT2D eigenvalue weighted by Gasteiger charge is -2.27. The van der Waals surface area contributed by atoms with Crippen LogP contribution in [0.3, 0.4) is 0 Å². The first kappa shape index (κ1) is 15.1. The van der Waals surface area contributed by atoms with Crippen molar-refractivity contribution in [3.63, 3.8) is 0 Å². The maximum Gasteiger partial charge on any atom is 0.123 e. The standard InChI is InChI=1S/C13H20N2O2.ClH/c1-16-12-3-4-13(17-2)11(9-12)10-15-7-5-14-6-8-15;/h3-4,9,14H,5-8,10H2,1-2H3;1H/p-1. The van der Waals surface area contributed by atoms with Gasteiger partial charge in [0.2, 0.25) is 0 Å². The Labute approximate surface area is 115 Å². The average Bonchev–Trinajstić information content (AvgIpc) is 2.40. The fourth-order valence-electron chi connectivity index (χ4n) is 2.12. The van der Waals surface area contributed by atoms with Gasteiger partial charge in [0, 0.05) is 38.3 Å². The number of halogens is 1. The van der Waals surface area contributed by atoms with Crippen LogP contribution < -0.4 is 27.2 Å². The van der Waals surface area contributed by atoms with E-state index in [2.05, 4.69) is 16.3 Å². The van der Waals surface area contributed by atoms with Crippen molar-refractivity contribution < 1.29 is 21.9 Å². The average molecular weight is 272 g/mol. The topological polar surface area (TPSA) is 33.7 Å². The summed E-state index contributed by atoms with van der Waals surface area (Å²) in [6.45, 7) is 5.21. The predicted molar refractivity (Wildman–Crippen MR) is 67.7 cm³/mol. The predicted octanol–water partition coefficient (Wildman–Crippen LogP) is -1.89. The molecule has 1 aromatic carbocycles. The van der Waals surface area contributed by atoms with Crippen molar-refractivity contribution >= 4 is 0 Å². The molecule has 1 aliphatic rings. The SMILES string of the molecule is COc1ccc(OC)c(CN2CCNCC2)c1.[Cl-]. The monoisotopic (exact) mass is 271 g/mol. The summed E-state index contributed by atoms with van der Waals surface area (Å²) in [5, 5.41) is 3.35. The van der Waals surface area contributed by atoms with Crippen LogP contribution in [0.2, 0.25) is 0 Å². The molecule has 0 spiro atoms. The molecule has 2 rings (SSSR count). The van der Waals surface area contributed by atoms with Crippen LogP contribution in [-0.2, 0) is 6.54 Å². The largest absolute Gasteiger partial charge is 1.00 e. The molecule has 1 saturated heterocycles. The fraction of sp³-hybridized carbons (Fsp3) is 0.538. The van der Waals surface area contributed by atoms with Gasteiger partial charge in [-0.1, -0.05) is 0 Å². The summed E-state index contributed by atoms with van der Waals surface area (Å²) in [7, 11) is 3.40. The van der Waals surface area contributed by atoms with Crippen LogP contribution in [0.4, 0.5) is 0 Å². The highest BCUT2D eigenvalue weighted by Gasteiger charge is 2.13. The molecule has 18 heavy (non-hydrogen) atoms. The summed E-state index contributed by atoms with van der Waals surface area (Å²) in [4.78, 5) is 2.42. The summed E-state index contributed by atoms with van der Waals surface area (Å²) < 4.78 is 10.6. The minimum Gasteiger partial charge on any atom is -1.00 e. The van der Waals surface area contributed by atoms with Crippen molar-refractivity contribution in [3.8, 4) is 11.5 Å². The van der Waals surface area contributed by atoms with Crippen LogP contribution in [0.1, 0.15) is 5.56 Å². The Hall–Kier alpha value is -0.970. The first-order valence-electron chi connectivity index (χ1n) is 5.97. The molecule has 102 valence electrons. The summed E-state index contributed by atoms with van der Waals surface area (Å²) in [5.41, 5.74) is 1.19. The van der Waals surface area contributed by atoms with E-state index in [9.17, 15) is 0 Å². The minimum absolute atomic E-state index is 0. The first-order chi connectivity index (χ1) is 8.33. The van der Waals surface area contributed by atoms with Crippen molar-refractivity contribution in [2.75, 3.05) is 40.4 Å². The highest BCUT2D eigenvalue weighted by Crippen LogP contribution is 2.25. The molecule has 0 bridgehead atoms. The number of hydrogen-bond donors (Lipinski definition) is 1. The van der Waals surface area contributed by atoms with E-state index in [0.717, 1.165) is 44.2 Å². The van der Waals surface area contributed by atoms with E-state index in [1.54, 1.807) is 14.2 Å². The number of nitrogens with one attached hydrogen (secondary N) is 1. The molecule has 1 heterocycles. The Morgan fingerprint density at radius 3 is 2.50 bits per heavy atom. The molecule has 1 aromatic rings. The zero-order valence-corrected chi connectivity index (χ0v) is 11.7. The zero-order chi connectivity index (χ0) is 12.1. The van der Waals surface area contributed by atoms with Gasteiger partial charge >= 0.3 is 0 Å². The Balaban J connectivity index is 0.00000162. The highest BCUT2D eigenvalue weighted by atomic mass is 35.5. The Bertz CT molecular complexity index is 368. The Morgan fingerprint density at radius 1 is 1.17 bits per heavy atom. The fourth-order valence-corrected chi connectivity index (χ4v) is 2.12. The molecule has 4 nitrogen and oxygen atoms in total. The number of methoxy groups -OCH3 is 2. The van der Waals surface area contributed by atoms with E-state index in [1.807, 2.05) is 12.1 Å². The molecular weight excluding hydrogens is 252 g/mol. The minimum atomic E-state index is 0. The molecule has 0 amide bonds. The molecule has 0 unspecified atom stereocenters. The van der Waals surface area contributed by atoms with Crippen molar-refractivity contribution in [3.05, 3.63) is 23.8 Å². The smallest absolute Gasteiger partial charge is 0.123 e. The van der Waals surface area contributed by atoms with Crippen LogP contribution in [-0.4, -0.2) is 45.3 Å². The van der Waals surface area contributed by atoms with Crippen LogP contribution in [0.5, 0.6) is 11.5 Å². The second kappa shape index (κ2) is 7.46. The highest BCUT2D eigenvalue weighted by molar-refractivity contribution is 5.40. The Kier molecular flexibility index (Phi) is 6.25. The molecular formula is C13H20ClN2O2-. The van der Waals surface area contributed by atoms with E-state index < -0.39 is 0 Å². The number of benzene rings is 1. The maximum absolute atomic E-state index is 5.39. The van der Waals surface area contributed by atoms with E-state index in [-0.39, 0.29) is 12.4 Å². The second-order valence-corrected chi connectivity index (χ2v) is 4.20. The van der Waals surface area contributed by atoms with Crippen LogP contribution in [0.15, 0.2) is 18.2 Å². The molecule has 0 radical (unpaired) electrons. The lowest BCUT2D eigenvalue weighted by Crippen LogP contribution is -3.00. The van der Waals surface area contributed by atoms with Gasteiger partial charge in [-0.25, -0.2) is 0 Å². The first-order valence-corrected chi connectivity index (χ1v) is 5.97. The number of ether oxygens (including phenoxy) is 2. The van der Waals surface area contributed by atoms with E-state index >= 15 is 0 Å². The van der Waals surface area contributed by atoms with Gasteiger partial charge in [-0.3, -0.25) is 4.90 Å². The van der Waals surface area contributed by atoms with Gasteiger partial charge in [-0.2, -0.15) is 0 Å². The maximum atomic E-state index is 5.39. The van der Waals surface area contributed by atoms with Crippen LogP contribution >= 0.6 is 0 Å². The van der Waals surface area contributed by atoms with Gasteiger partial charge in [0.05, 0.1) is 14.2 Å². The summed E-state index contributed by atoms with van der Waals surface area (Å²) in [6, 6.07) is 5.96. The Morgan fingerprint density at radius 2 is 1.89 bits per heavy atom. The third-order valence-electron chi connectivity index (χ3n) is 3.09. The van der Waals surface area contributed by atoms with E-state index in [4.69, 9.17) is 9.47 Å². The van der Waals surface area contributed by atoms with Crippen molar-refractivity contribution in [2.24, 2.45) is 0 Å². The van der Waals surface area contributed by atoms with Crippen molar-refractivity contribution in [1.82, 2.24) is 10.2 Å². The third-order valence-corrected chi connectivity index (χ3v) is 3.09. The van der Waals surface area contributed by atoms with Crippen molar-refractivity contribution in [1.29, 1.82) is 0 Å². The van der Waals surface area contributed by atoms with Gasteiger partial charge in [-0.15, -0.1) is 0 Å². The van der Waals surface area contributed by atoms with E-state index in [0.29, 0.717) is 0 Å². The normalized spacial score (nSPS) is 15.9. The molecule has 0 atom stereocenters. The van der Waals surface area contributed by atoms with E-state index in [1.165, 1.54) is 5.56 Å². The van der Waals surface area contributed by atoms with Gasteiger partial charge < -0.3 is 27.2 Å². The molecule has 5 heteroatoms. The summed E-state index contributed by atoms with van der Waals surface area (Å²) >= 11 is 0. The number of nitrogens with zero attached hydrogens (tertiary/aromatic N) is 1. The quantitative estimate of drug-likeness (QED) is 0.695. The number of rotatable bonds is 4. The van der Waals surface area contributed by atoms with Crippen LogP contribution in [0, 0.1) is 0 Å². The molecule has 0 aromatic heterocycles. The van der Waals surface area contributed by atoms with Gasteiger partial charge in [0.25, 0.3) is 0 Å². The van der Waals surface area contributed by atoms with Gasteiger partial charge in [-0.05, 0) is 18.2 Å². The lowest BCUT2D eigenvalue weighted by atomic mass is 10.1. The molecule has 0 aliphatic carbocycles. The van der Waals surface area contributed by atoms with Crippen molar-refractivity contribution in [2.45, 2.75) is 6.54 Å². The lowest BCUT2D eigenvalue weighted by molar-refractivity contribution is -0.00000417. The second-order valence-electron chi connectivity index (χ2n) is 4.20. The van der Waals surface area contributed by atoms with Gasteiger partial charge in [0.1, 0.15) is 11.5 Å². The third kappa shape index (κ3) is 3.77. The molecule has 1 N–H and O–H groups in total. The summed E-state index contributed by atoms with van der Waals surface area (Å²) in [6.07, 6.45) is 0. The number of hydrogen-bond acceptors (Lipinski definition) is 4. The molecule has 1 fully saturated rings. The number of piperazine rings is 1. The molecule has 1 aliphatic heterocycles.